The zero-order valence-corrected chi connectivity index (χ0v) is 12.5. The van der Waals surface area contributed by atoms with Gasteiger partial charge in [-0.15, -0.1) is 0 Å². The summed E-state index contributed by atoms with van der Waals surface area (Å²) in [4.78, 5) is 11.9. The molecule has 2 aliphatic rings. The third kappa shape index (κ3) is 2.34. The summed E-state index contributed by atoms with van der Waals surface area (Å²) < 4.78 is 8.21. The molecule has 0 aromatic carbocycles. The van der Waals surface area contributed by atoms with Crippen molar-refractivity contribution in [1.82, 2.24) is 19.4 Å². The Morgan fingerprint density at radius 3 is 2.86 bits per heavy atom. The average molecular weight is 286 g/mol. The van der Waals surface area contributed by atoms with Gasteiger partial charge >= 0.3 is 0 Å². The quantitative estimate of drug-likeness (QED) is 0.851. The molecule has 0 bridgehead atoms. The standard InChI is InChI=1S/C16H22N4O/c1-19-9-6-12(7-10-19)15-18-13-4-2-8-17-16(13)20(15)14-5-3-11-21-14/h2,4,8,12,14H,3,5-7,9-11H2,1H3. The van der Waals surface area contributed by atoms with Gasteiger partial charge in [-0.1, -0.05) is 0 Å². The lowest BCUT2D eigenvalue weighted by atomic mass is 9.96. The predicted octanol–water partition coefficient (Wildman–Crippen LogP) is 2.55. The van der Waals surface area contributed by atoms with Crippen LogP contribution in [0.3, 0.4) is 0 Å². The molecule has 4 rings (SSSR count). The number of pyridine rings is 1. The largest absolute Gasteiger partial charge is 0.358 e. The number of imidazole rings is 1. The summed E-state index contributed by atoms with van der Waals surface area (Å²) in [6.07, 6.45) is 6.53. The maximum atomic E-state index is 5.93. The summed E-state index contributed by atoms with van der Waals surface area (Å²) in [5.74, 6) is 1.71. The Balaban J connectivity index is 1.77. The first-order valence-corrected chi connectivity index (χ1v) is 7.96. The lowest BCUT2D eigenvalue weighted by molar-refractivity contribution is 0.0552. The van der Waals surface area contributed by atoms with Crippen molar-refractivity contribution in [2.45, 2.75) is 37.8 Å². The van der Waals surface area contributed by atoms with E-state index in [0.717, 1.165) is 43.7 Å². The van der Waals surface area contributed by atoms with E-state index in [2.05, 4.69) is 27.6 Å². The molecule has 5 nitrogen and oxygen atoms in total. The summed E-state index contributed by atoms with van der Waals surface area (Å²) in [6.45, 7) is 3.14. The molecule has 0 N–H and O–H groups in total. The Labute approximate surface area is 124 Å². The second kappa shape index (κ2) is 5.39. The number of nitrogens with zero attached hydrogens (tertiary/aromatic N) is 4. The van der Waals surface area contributed by atoms with Crippen LogP contribution in [0.1, 0.15) is 43.7 Å². The van der Waals surface area contributed by atoms with Crippen molar-refractivity contribution >= 4 is 11.2 Å². The van der Waals surface area contributed by atoms with Crippen molar-refractivity contribution in [2.75, 3.05) is 26.7 Å². The van der Waals surface area contributed by atoms with Crippen molar-refractivity contribution in [2.24, 2.45) is 0 Å². The summed E-state index contributed by atoms with van der Waals surface area (Å²) in [7, 11) is 2.20. The van der Waals surface area contributed by atoms with Crippen LogP contribution in [0.5, 0.6) is 0 Å². The number of fused-ring (bicyclic) bond motifs is 1. The highest BCUT2D eigenvalue weighted by atomic mass is 16.5. The number of hydrogen-bond acceptors (Lipinski definition) is 4. The van der Waals surface area contributed by atoms with E-state index in [1.54, 1.807) is 0 Å². The number of piperidine rings is 1. The Hall–Kier alpha value is -1.46. The maximum Gasteiger partial charge on any atom is 0.162 e. The predicted molar refractivity (Wildman–Crippen MR) is 81.2 cm³/mol. The molecule has 1 atom stereocenters. The van der Waals surface area contributed by atoms with Crippen molar-refractivity contribution in [1.29, 1.82) is 0 Å². The summed E-state index contributed by atoms with van der Waals surface area (Å²) in [5.41, 5.74) is 1.99. The number of rotatable bonds is 2. The lowest BCUT2D eigenvalue weighted by Gasteiger charge is -2.29. The molecule has 0 aliphatic carbocycles. The molecule has 2 saturated heterocycles. The first kappa shape index (κ1) is 13.2. The molecule has 0 radical (unpaired) electrons. The van der Waals surface area contributed by atoms with E-state index in [9.17, 15) is 0 Å². The molecule has 112 valence electrons. The monoisotopic (exact) mass is 286 g/mol. The Morgan fingerprint density at radius 2 is 2.10 bits per heavy atom. The molecule has 2 aliphatic heterocycles. The number of ether oxygens (including phenoxy) is 1. The minimum atomic E-state index is 0.125. The van der Waals surface area contributed by atoms with Crippen LogP contribution in [-0.4, -0.2) is 46.2 Å². The fourth-order valence-electron chi connectivity index (χ4n) is 3.55. The van der Waals surface area contributed by atoms with Crippen LogP contribution in [0.2, 0.25) is 0 Å². The Kier molecular flexibility index (Phi) is 3.39. The van der Waals surface area contributed by atoms with Gasteiger partial charge in [-0.3, -0.25) is 4.57 Å². The third-order valence-corrected chi connectivity index (χ3v) is 4.75. The van der Waals surface area contributed by atoms with E-state index in [0.29, 0.717) is 5.92 Å². The topological polar surface area (TPSA) is 43.2 Å². The number of hydrogen-bond donors (Lipinski definition) is 0. The van der Waals surface area contributed by atoms with Crippen LogP contribution >= 0.6 is 0 Å². The molecular weight excluding hydrogens is 264 g/mol. The van der Waals surface area contributed by atoms with Crippen molar-refractivity contribution in [3.8, 4) is 0 Å². The average Bonchev–Trinajstić information content (AvgIpc) is 3.14. The van der Waals surface area contributed by atoms with Gasteiger partial charge in [-0.25, -0.2) is 9.97 Å². The van der Waals surface area contributed by atoms with E-state index >= 15 is 0 Å². The van der Waals surface area contributed by atoms with Crippen LogP contribution < -0.4 is 0 Å². The molecule has 21 heavy (non-hydrogen) atoms. The van der Waals surface area contributed by atoms with Crippen molar-refractivity contribution in [3.05, 3.63) is 24.2 Å². The SMILES string of the molecule is CN1CCC(c2nc3cccnc3n2C2CCCO2)CC1. The van der Waals surface area contributed by atoms with Crippen molar-refractivity contribution in [3.63, 3.8) is 0 Å². The normalized spacial score (nSPS) is 24.9. The zero-order chi connectivity index (χ0) is 14.2. The fraction of sp³-hybridized carbons (Fsp3) is 0.625. The van der Waals surface area contributed by atoms with E-state index in [4.69, 9.17) is 9.72 Å². The van der Waals surface area contributed by atoms with Crippen LogP contribution in [0, 0.1) is 0 Å². The molecule has 0 amide bonds. The van der Waals surface area contributed by atoms with E-state index in [1.807, 2.05) is 12.3 Å². The molecule has 4 heterocycles. The highest BCUT2D eigenvalue weighted by Crippen LogP contribution is 2.34. The lowest BCUT2D eigenvalue weighted by Crippen LogP contribution is -2.30. The number of aromatic nitrogens is 3. The van der Waals surface area contributed by atoms with Crippen LogP contribution in [0.15, 0.2) is 18.3 Å². The molecule has 0 spiro atoms. The van der Waals surface area contributed by atoms with Gasteiger partial charge in [0.05, 0.1) is 0 Å². The van der Waals surface area contributed by atoms with E-state index in [-0.39, 0.29) is 6.23 Å². The molecule has 2 fully saturated rings. The van der Waals surface area contributed by atoms with Crippen LogP contribution in [0.4, 0.5) is 0 Å². The van der Waals surface area contributed by atoms with Gasteiger partial charge in [0.15, 0.2) is 5.65 Å². The van der Waals surface area contributed by atoms with E-state index < -0.39 is 0 Å². The summed E-state index contributed by atoms with van der Waals surface area (Å²) in [6, 6.07) is 4.03. The van der Waals surface area contributed by atoms with Crippen LogP contribution in [-0.2, 0) is 4.74 Å². The summed E-state index contributed by atoms with van der Waals surface area (Å²) >= 11 is 0. The Bertz CT molecular complexity index is 624. The van der Waals surface area contributed by atoms with Crippen molar-refractivity contribution < 1.29 is 4.74 Å². The first-order chi connectivity index (χ1) is 10.3. The summed E-state index contributed by atoms with van der Waals surface area (Å²) in [5, 5.41) is 0. The molecule has 1 unspecified atom stereocenters. The van der Waals surface area contributed by atoms with Gasteiger partial charge in [0.25, 0.3) is 0 Å². The fourth-order valence-corrected chi connectivity index (χ4v) is 3.55. The molecule has 5 heteroatoms. The Morgan fingerprint density at radius 1 is 1.24 bits per heavy atom. The highest BCUT2D eigenvalue weighted by molar-refractivity contribution is 5.71. The maximum absolute atomic E-state index is 5.93. The van der Waals surface area contributed by atoms with E-state index in [1.165, 1.54) is 18.7 Å². The van der Waals surface area contributed by atoms with Gasteiger partial charge in [0.2, 0.25) is 0 Å². The molecule has 0 saturated carbocycles. The molecule has 2 aromatic rings. The highest BCUT2D eigenvalue weighted by Gasteiger charge is 2.29. The van der Waals surface area contributed by atoms with Crippen LogP contribution in [0.25, 0.3) is 11.2 Å². The van der Waals surface area contributed by atoms with Gasteiger partial charge < -0.3 is 9.64 Å². The van der Waals surface area contributed by atoms with Gasteiger partial charge in [0, 0.05) is 18.7 Å². The van der Waals surface area contributed by atoms with Gasteiger partial charge in [-0.05, 0) is 58.0 Å². The third-order valence-electron chi connectivity index (χ3n) is 4.75. The minimum Gasteiger partial charge on any atom is -0.358 e. The zero-order valence-electron chi connectivity index (χ0n) is 12.5. The first-order valence-electron chi connectivity index (χ1n) is 7.96. The second-order valence-corrected chi connectivity index (χ2v) is 6.23. The second-order valence-electron chi connectivity index (χ2n) is 6.23. The van der Waals surface area contributed by atoms with Gasteiger partial charge in [0.1, 0.15) is 17.6 Å². The smallest absolute Gasteiger partial charge is 0.162 e. The molecule has 2 aromatic heterocycles. The molecular formula is C16H22N4O. The number of likely N-dealkylation sites (tertiary alicyclic amines) is 1. The minimum absolute atomic E-state index is 0.125. The van der Waals surface area contributed by atoms with Gasteiger partial charge in [-0.2, -0.15) is 0 Å².